The van der Waals surface area contributed by atoms with E-state index in [0.29, 0.717) is 18.5 Å². The van der Waals surface area contributed by atoms with Crippen LogP contribution in [0.5, 0.6) is 0 Å². The zero-order chi connectivity index (χ0) is 11.5. The highest BCUT2D eigenvalue weighted by Crippen LogP contribution is 2.34. The normalized spacial score (nSPS) is 26.2. The number of hydrogen-bond acceptors (Lipinski definition) is 2. The monoisotopic (exact) mass is 222 g/mol. The number of rotatable bonds is 3. The molecule has 1 aromatic rings. The van der Waals surface area contributed by atoms with Gasteiger partial charge in [-0.2, -0.15) is 0 Å². The van der Waals surface area contributed by atoms with Gasteiger partial charge in [-0.25, -0.2) is 4.39 Å². The minimum atomic E-state index is -0.148. The van der Waals surface area contributed by atoms with Crippen LogP contribution in [0.2, 0.25) is 0 Å². The van der Waals surface area contributed by atoms with Gasteiger partial charge in [-0.05, 0) is 30.0 Å². The zero-order valence-electron chi connectivity index (χ0n) is 9.70. The Morgan fingerprint density at radius 1 is 1.50 bits per heavy atom. The molecule has 0 amide bonds. The minimum absolute atomic E-state index is 0.148. The molecule has 2 nitrogen and oxygen atoms in total. The van der Waals surface area contributed by atoms with E-state index >= 15 is 0 Å². The van der Waals surface area contributed by atoms with Crippen LogP contribution >= 0.6 is 0 Å². The Hall–Kier alpha value is -0.930. The second-order valence-corrected chi connectivity index (χ2v) is 4.70. The molecule has 0 radical (unpaired) electrons. The summed E-state index contributed by atoms with van der Waals surface area (Å²) in [5, 5.41) is 0. The van der Waals surface area contributed by atoms with Crippen molar-refractivity contribution in [3.8, 4) is 0 Å². The minimum Gasteiger partial charge on any atom is -0.329 e. The molecule has 1 heterocycles. The SMILES string of the molecule is CC1CC(c2cccc(F)c2)N(CCN)C1. The third-order valence-corrected chi connectivity index (χ3v) is 3.26. The summed E-state index contributed by atoms with van der Waals surface area (Å²) in [5.41, 5.74) is 6.69. The fourth-order valence-electron chi connectivity index (χ4n) is 2.61. The van der Waals surface area contributed by atoms with Gasteiger partial charge in [-0.1, -0.05) is 19.1 Å². The lowest BCUT2D eigenvalue weighted by molar-refractivity contribution is 0.261. The third kappa shape index (κ3) is 2.42. The fraction of sp³-hybridized carbons (Fsp3) is 0.538. The molecule has 2 unspecified atom stereocenters. The van der Waals surface area contributed by atoms with Gasteiger partial charge in [-0.3, -0.25) is 4.90 Å². The maximum Gasteiger partial charge on any atom is 0.123 e. The standard InChI is InChI=1S/C13H19FN2/c1-10-7-13(16(9-10)6-5-15)11-3-2-4-12(14)8-11/h2-4,8,10,13H,5-7,9,15H2,1H3. The molecule has 0 aromatic heterocycles. The lowest BCUT2D eigenvalue weighted by atomic mass is 10.0. The number of likely N-dealkylation sites (tertiary alicyclic amines) is 1. The predicted molar refractivity (Wildman–Crippen MR) is 63.5 cm³/mol. The summed E-state index contributed by atoms with van der Waals surface area (Å²) in [5.74, 6) is 0.518. The molecule has 0 bridgehead atoms. The third-order valence-electron chi connectivity index (χ3n) is 3.26. The highest BCUT2D eigenvalue weighted by Gasteiger charge is 2.29. The van der Waals surface area contributed by atoms with E-state index in [-0.39, 0.29) is 5.82 Å². The van der Waals surface area contributed by atoms with Crippen LogP contribution in [-0.2, 0) is 0 Å². The molecule has 3 heteroatoms. The average Bonchev–Trinajstić information content (AvgIpc) is 2.60. The van der Waals surface area contributed by atoms with Crippen LogP contribution in [0.15, 0.2) is 24.3 Å². The van der Waals surface area contributed by atoms with Gasteiger partial charge in [0.05, 0.1) is 0 Å². The van der Waals surface area contributed by atoms with Crippen molar-refractivity contribution in [2.45, 2.75) is 19.4 Å². The molecule has 1 aliphatic rings. The number of halogens is 1. The van der Waals surface area contributed by atoms with E-state index in [1.807, 2.05) is 6.07 Å². The van der Waals surface area contributed by atoms with E-state index in [4.69, 9.17) is 5.73 Å². The van der Waals surface area contributed by atoms with E-state index in [1.165, 1.54) is 6.07 Å². The summed E-state index contributed by atoms with van der Waals surface area (Å²) in [6.45, 7) is 4.87. The fourth-order valence-corrected chi connectivity index (χ4v) is 2.61. The van der Waals surface area contributed by atoms with Gasteiger partial charge in [0.25, 0.3) is 0 Å². The van der Waals surface area contributed by atoms with E-state index in [1.54, 1.807) is 12.1 Å². The topological polar surface area (TPSA) is 29.3 Å². The molecular formula is C13H19FN2. The molecule has 1 aliphatic heterocycles. The molecule has 0 saturated carbocycles. The summed E-state index contributed by atoms with van der Waals surface area (Å²) in [4.78, 5) is 2.36. The van der Waals surface area contributed by atoms with Crippen LogP contribution in [0.25, 0.3) is 0 Å². The molecule has 1 fully saturated rings. The van der Waals surface area contributed by atoms with Gasteiger partial charge in [0.2, 0.25) is 0 Å². The number of nitrogens with two attached hydrogens (primary N) is 1. The molecule has 2 N–H and O–H groups in total. The maximum atomic E-state index is 13.2. The van der Waals surface area contributed by atoms with E-state index in [0.717, 1.165) is 25.1 Å². The summed E-state index contributed by atoms with van der Waals surface area (Å²) in [6, 6.07) is 7.28. The Bertz CT molecular complexity index is 354. The van der Waals surface area contributed by atoms with Gasteiger partial charge in [0, 0.05) is 25.7 Å². The first kappa shape index (κ1) is 11.6. The summed E-state index contributed by atoms with van der Waals surface area (Å²) >= 11 is 0. The highest BCUT2D eigenvalue weighted by molar-refractivity contribution is 5.21. The van der Waals surface area contributed by atoms with Crippen LogP contribution in [0.3, 0.4) is 0 Å². The molecule has 2 rings (SSSR count). The number of benzene rings is 1. The first-order chi connectivity index (χ1) is 7.70. The Kier molecular flexibility index (Phi) is 3.56. The summed E-state index contributed by atoms with van der Waals surface area (Å²) in [7, 11) is 0. The van der Waals surface area contributed by atoms with Crippen molar-refractivity contribution in [3.05, 3.63) is 35.6 Å². The predicted octanol–water partition coefficient (Wildman–Crippen LogP) is 2.17. The van der Waals surface area contributed by atoms with Crippen molar-refractivity contribution in [1.29, 1.82) is 0 Å². The van der Waals surface area contributed by atoms with Gasteiger partial charge < -0.3 is 5.73 Å². The van der Waals surface area contributed by atoms with Crippen molar-refractivity contribution in [2.75, 3.05) is 19.6 Å². The van der Waals surface area contributed by atoms with Crippen LogP contribution in [-0.4, -0.2) is 24.5 Å². The van der Waals surface area contributed by atoms with Crippen molar-refractivity contribution in [3.63, 3.8) is 0 Å². The second-order valence-electron chi connectivity index (χ2n) is 4.70. The van der Waals surface area contributed by atoms with Crippen molar-refractivity contribution >= 4 is 0 Å². The molecule has 2 atom stereocenters. The largest absolute Gasteiger partial charge is 0.329 e. The molecule has 0 spiro atoms. The Morgan fingerprint density at radius 2 is 2.31 bits per heavy atom. The quantitative estimate of drug-likeness (QED) is 0.849. The van der Waals surface area contributed by atoms with E-state index < -0.39 is 0 Å². The zero-order valence-corrected chi connectivity index (χ0v) is 9.70. The van der Waals surface area contributed by atoms with Gasteiger partial charge >= 0.3 is 0 Å². The average molecular weight is 222 g/mol. The molecule has 88 valence electrons. The summed E-state index contributed by atoms with van der Waals surface area (Å²) in [6.07, 6.45) is 1.10. The first-order valence-electron chi connectivity index (χ1n) is 5.90. The maximum absolute atomic E-state index is 13.2. The lowest BCUT2D eigenvalue weighted by Crippen LogP contribution is -2.29. The van der Waals surface area contributed by atoms with E-state index in [2.05, 4.69) is 11.8 Å². The first-order valence-corrected chi connectivity index (χ1v) is 5.90. The van der Waals surface area contributed by atoms with Crippen molar-refractivity contribution in [2.24, 2.45) is 11.7 Å². The second kappa shape index (κ2) is 4.93. The molecule has 16 heavy (non-hydrogen) atoms. The molecule has 0 aliphatic carbocycles. The molecular weight excluding hydrogens is 203 g/mol. The van der Waals surface area contributed by atoms with Crippen LogP contribution < -0.4 is 5.73 Å². The molecule has 1 aromatic carbocycles. The van der Waals surface area contributed by atoms with E-state index in [9.17, 15) is 4.39 Å². The van der Waals surface area contributed by atoms with Crippen molar-refractivity contribution < 1.29 is 4.39 Å². The van der Waals surface area contributed by atoms with Gasteiger partial charge in [0.15, 0.2) is 0 Å². The Balaban J connectivity index is 2.18. The number of hydrogen-bond donors (Lipinski definition) is 1. The summed E-state index contributed by atoms with van der Waals surface area (Å²) < 4.78 is 13.2. The Labute approximate surface area is 96.2 Å². The lowest BCUT2D eigenvalue weighted by Gasteiger charge is -2.24. The number of nitrogens with zero attached hydrogens (tertiary/aromatic N) is 1. The van der Waals surface area contributed by atoms with Gasteiger partial charge in [0.1, 0.15) is 5.82 Å². The smallest absolute Gasteiger partial charge is 0.123 e. The molecule has 1 saturated heterocycles. The van der Waals surface area contributed by atoms with Crippen LogP contribution in [0, 0.1) is 11.7 Å². The van der Waals surface area contributed by atoms with Crippen molar-refractivity contribution in [1.82, 2.24) is 4.90 Å². The van der Waals surface area contributed by atoms with Gasteiger partial charge in [-0.15, -0.1) is 0 Å². The highest BCUT2D eigenvalue weighted by atomic mass is 19.1. The van der Waals surface area contributed by atoms with Crippen LogP contribution in [0.1, 0.15) is 24.9 Å². The Morgan fingerprint density at radius 3 is 3.00 bits per heavy atom. The van der Waals surface area contributed by atoms with Crippen LogP contribution in [0.4, 0.5) is 4.39 Å².